The molecule has 1 atom stereocenters. The Balaban J connectivity index is 1.35. The number of fused-ring (bicyclic) bond motifs is 2. The topological polar surface area (TPSA) is 122 Å². The molecule has 0 bridgehead atoms. The second-order valence-electron chi connectivity index (χ2n) is 11.5. The Labute approximate surface area is 277 Å². The van der Waals surface area contributed by atoms with Crippen molar-refractivity contribution in [2.45, 2.75) is 23.3 Å². The minimum absolute atomic E-state index is 0.0750. The highest BCUT2D eigenvalue weighted by Gasteiger charge is 2.58. The van der Waals surface area contributed by atoms with Gasteiger partial charge in [0.25, 0.3) is 15.9 Å². The Bertz CT molecular complexity index is 2120. The number of halogens is 1. The lowest BCUT2D eigenvalue weighted by molar-refractivity contribution is -0.132. The third kappa shape index (κ3) is 5.06. The van der Waals surface area contributed by atoms with Crippen molar-refractivity contribution in [3.05, 3.63) is 120 Å². The molecule has 47 heavy (non-hydrogen) atoms. The molecule has 0 radical (unpaired) electrons. The maximum Gasteiger partial charge on any atom is 0.276 e. The normalized spacial score (nSPS) is 18.3. The summed E-state index contributed by atoms with van der Waals surface area (Å²) in [4.78, 5) is 39.8. The zero-order chi connectivity index (χ0) is 32.8. The first-order chi connectivity index (χ1) is 22.8. The maximum atomic E-state index is 15.1. The Kier molecular flexibility index (Phi) is 7.81. The average Bonchev–Trinajstić information content (AvgIpc) is 3.35. The van der Waals surface area contributed by atoms with E-state index in [9.17, 15) is 13.2 Å². The van der Waals surface area contributed by atoms with Crippen molar-refractivity contribution in [3.8, 4) is 5.75 Å². The van der Waals surface area contributed by atoms with Gasteiger partial charge in [-0.3, -0.25) is 19.6 Å². The van der Waals surface area contributed by atoms with Crippen LogP contribution in [0.4, 0.5) is 11.4 Å². The van der Waals surface area contributed by atoms with E-state index in [0.717, 1.165) is 9.99 Å². The smallest absolute Gasteiger partial charge is 0.276 e. The van der Waals surface area contributed by atoms with E-state index >= 15 is 4.79 Å². The van der Waals surface area contributed by atoms with Crippen LogP contribution in [0.2, 0.25) is 5.02 Å². The van der Waals surface area contributed by atoms with Gasteiger partial charge in [-0.15, -0.1) is 0 Å². The van der Waals surface area contributed by atoms with Crippen molar-refractivity contribution >= 4 is 55.7 Å². The van der Waals surface area contributed by atoms with Gasteiger partial charge in [-0.1, -0.05) is 48.0 Å². The molecular formula is C35H30ClN5O5S. The number of aromatic nitrogens is 2. The average molecular weight is 668 g/mol. The van der Waals surface area contributed by atoms with Crippen molar-refractivity contribution < 1.29 is 22.7 Å². The van der Waals surface area contributed by atoms with Gasteiger partial charge in [0.2, 0.25) is 5.91 Å². The fourth-order valence-corrected chi connectivity index (χ4v) is 8.44. The molecular weight excluding hydrogens is 638 g/mol. The van der Waals surface area contributed by atoms with Crippen LogP contribution in [-0.4, -0.2) is 50.4 Å². The van der Waals surface area contributed by atoms with Gasteiger partial charge in [-0.25, -0.2) is 8.42 Å². The van der Waals surface area contributed by atoms with E-state index in [1.807, 2.05) is 12.1 Å². The summed E-state index contributed by atoms with van der Waals surface area (Å²) < 4.78 is 35.7. The molecule has 5 aromatic rings. The number of nitrogens with one attached hydrogen (secondary N) is 1. The standard InChI is InChI=1S/C35H30ClN5O5S/c1-46-30-9-3-2-8-27(30)35(39-33(42)24-15-20-40(21-16-24)26-13-18-37-19-14-26)28-22-25(36)11-12-29(28)41(34(35)43)47(44,45)31-10-4-6-23-7-5-17-38-32(23)31/h2-14,17-19,22,24H,15-16,20-21H2,1H3,(H,39,42). The quantitative estimate of drug-likeness (QED) is 0.248. The minimum atomic E-state index is -4.56. The number of benzene rings is 3. The first-order valence-electron chi connectivity index (χ1n) is 15.1. The van der Waals surface area contributed by atoms with Crippen LogP contribution >= 0.6 is 11.6 Å². The Morgan fingerprint density at radius 2 is 1.68 bits per heavy atom. The predicted octanol–water partition coefficient (Wildman–Crippen LogP) is 5.30. The van der Waals surface area contributed by atoms with Crippen LogP contribution < -0.4 is 19.3 Å². The van der Waals surface area contributed by atoms with Gasteiger partial charge in [-0.2, -0.15) is 4.31 Å². The highest BCUT2D eigenvalue weighted by atomic mass is 35.5. The van der Waals surface area contributed by atoms with Crippen LogP contribution in [0.5, 0.6) is 5.75 Å². The number of hydrogen-bond acceptors (Lipinski definition) is 8. The van der Waals surface area contributed by atoms with Crippen molar-refractivity contribution in [1.82, 2.24) is 15.3 Å². The number of para-hydroxylation sites is 2. The van der Waals surface area contributed by atoms with E-state index in [2.05, 4.69) is 20.2 Å². The number of amides is 2. The molecule has 1 unspecified atom stereocenters. The molecule has 1 N–H and O–H groups in total. The molecule has 2 aliphatic rings. The van der Waals surface area contributed by atoms with Crippen LogP contribution in [0.1, 0.15) is 24.0 Å². The molecule has 12 heteroatoms. The first-order valence-corrected chi connectivity index (χ1v) is 16.9. The van der Waals surface area contributed by atoms with Crippen LogP contribution in [0, 0.1) is 5.92 Å². The Morgan fingerprint density at radius 3 is 2.45 bits per heavy atom. The van der Waals surface area contributed by atoms with Gasteiger partial charge in [0, 0.05) is 64.8 Å². The largest absolute Gasteiger partial charge is 0.496 e. The van der Waals surface area contributed by atoms with Gasteiger partial charge in [-0.05, 0) is 61.4 Å². The molecule has 2 amide bonds. The van der Waals surface area contributed by atoms with E-state index in [4.69, 9.17) is 16.3 Å². The number of methoxy groups -OCH3 is 1. The third-order valence-corrected chi connectivity index (χ3v) is 10.9. The van der Waals surface area contributed by atoms with Crippen LogP contribution in [0.3, 0.4) is 0 Å². The number of ether oxygens (including phenoxy) is 1. The van der Waals surface area contributed by atoms with Crippen molar-refractivity contribution in [2.24, 2.45) is 5.92 Å². The van der Waals surface area contributed by atoms with Crippen molar-refractivity contribution in [3.63, 3.8) is 0 Å². The van der Waals surface area contributed by atoms with Crippen molar-refractivity contribution in [1.29, 1.82) is 0 Å². The Morgan fingerprint density at radius 1 is 0.936 bits per heavy atom. The number of anilines is 2. The Hall–Kier alpha value is -5.00. The number of nitrogens with zero attached hydrogens (tertiary/aromatic N) is 4. The number of piperidine rings is 1. The molecule has 238 valence electrons. The molecule has 3 aromatic carbocycles. The monoisotopic (exact) mass is 667 g/mol. The lowest BCUT2D eigenvalue weighted by atomic mass is 9.82. The predicted molar refractivity (Wildman–Crippen MR) is 179 cm³/mol. The molecule has 4 heterocycles. The molecule has 1 fully saturated rings. The van der Waals surface area contributed by atoms with E-state index in [1.54, 1.807) is 60.9 Å². The number of pyridine rings is 2. The lowest BCUT2D eigenvalue weighted by Gasteiger charge is -2.36. The second-order valence-corrected chi connectivity index (χ2v) is 13.7. The summed E-state index contributed by atoms with van der Waals surface area (Å²) in [6.07, 6.45) is 6.01. The van der Waals surface area contributed by atoms with Gasteiger partial charge in [0.1, 0.15) is 10.6 Å². The van der Waals surface area contributed by atoms with Crippen molar-refractivity contribution in [2.75, 3.05) is 29.4 Å². The molecule has 7 rings (SSSR count). The molecule has 2 aromatic heterocycles. The van der Waals surface area contributed by atoms with E-state index in [1.165, 1.54) is 37.6 Å². The van der Waals surface area contributed by atoms with Crippen LogP contribution in [-0.2, 0) is 25.2 Å². The summed E-state index contributed by atoms with van der Waals surface area (Å²) in [5.41, 5.74) is -0.157. The summed E-state index contributed by atoms with van der Waals surface area (Å²) >= 11 is 6.53. The zero-order valence-electron chi connectivity index (χ0n) is 25.3. The number of hydrogen-bond donors (Lipinski definition) is 1. The maximum absolute atomic E-state index is 15.1. The first kappa shape index (κ1) is 30.6. The molecule has 0 aliphatic carbocycles. The summed E-state index contributed by atoms with van der Waals surface area (Å²) in [5, 5.41) is 3.92. The highest BCUT2D eigenvalue weighted by Crippen LogP contribution is 2.50. The molecule has 0 saturated carbocycles. The summed E-state index contributed by atoms with van der Waals surface area (Å²) in [6, 6.07) is 23.4. The zero-order valence-corrected chi connectivity index (χ0v) is 26.9. The van der Waals surface area contributed by atoms with Gasteiger partial charge in [0.15, 0.2) is 5.54 Å². The van der Waals surface area contributed by atoms with Gasteiger partial charge in [0.05, 0.1) is 18.3 Å². The molecule has 0 spiro atoms. The fourth-order valence-electron chi connectivity index (χ4n) is 6.63. The summed E-state index contributed by atoms with van der Waals surface area (Å²) in [5.74, 6) is -1.40. The lowest BCUT2D eigenvalue weighted by Crippen LogP contribution is -2.56. The number of sulfonamides is 1. The second kappa shape index (κ2) is 12.0. The van der Waals surface area contributed by atoms with E-state index in [0.29, 0.717) is 37.1 Å². The number of carbonyl (C=O) groups is 2. The van der Waals surface area contributed by atoms with Crippen LogP contribution in [0.15, 0.2) is 108 Å². The van der Waals surface area contributed by atoms with Gasteiger partial charge >= 0.3 is 0 Å². The number of rotatable bonds is 7. The molecule has 1 saturated heterocycles. The summed E-state index contributed by atoms with van der Waals surface area (Å²) in [6.45, 7) is 1.24. The molecule has 2 aliphatic heterocycles. The minimum Gasteiger partial charge on any atom is -0.496 e. The van der Waals surface area contributed by atoms with Gasteiger partial charge < -0.3 is 15.0 Å². The van der Waals surface area contributed by atoms with E-state index < -0.39 is 27.4 Å². The summed E-state index contributed by atoms with van der Waals surface area (Å²) in [7, 11) is -3.11. The SMILES string of the molecule is COc1ccccc1C1(NC(=O)C2CCN(c3ccncc3)CC2)C(=O)N(S(=O)(=O)c2cccc3cccnc23)c2ccc(Cl)cc21. The third-order valence-electron chi connectivity index (χ3n) is 8.92. The fraction of sp³-hybridized carbons (Fsp3) is 0.200. The molecule has 10 nitrogen and oxygen atoms in total. The van der Waals surface area contributed by atoms with Crippen LogP contribution in [0.25, 0.3) is 10.9 Å². The number of carbonyl (C=O) groups excluding carboxylic acids is 2. The highest BCUT2D eigenvalue weighted by molar-refractivity contribution is 7.93. The van der Waals surface area contributed by atoms with E-state index in [-0.39, 0.29) is 38.2 Å².